The predicted molar refractivity (Wildman–Crippen MR) is 118 cm³/mol. The summed E-state index contributed by atoms with van der Waals surface area (Å²) in [6.45, 7) is 2.91. The van der Waals surface area contributed by atoms with E-state index >= 15 is 0 Å². The Labute approximate surface area is 174 Å². The van der Waals surface area contributed by atoms with Crippen molar-refractivity contribution in [3.05, 3.63) is 65.2 Å². The highest BCUT2D eigenvalue weighted by Gasteiger charge is 2.25. The minimum absolute atomic E-state index is 0.288. The number of rotatable bonds is 11. The number of para-hydroxylation sites is 1. The summed E-state index contributed by atoms with van der Waals surface area (Å²) in [5, 5.41) is 0. The molecule has 0 aromatic heterocycles. The number of hydrogen-bond donors (Lipinski definition) is 0. The highest BCUT2D eigenvalue weighted by Crippen LogP contribution is 2.37. The molecule has 0 saturated carbocycles. The van der Waals surface area contributed by atoms with Crippen molar-refractivity contribution in [2.24, 2.45) is 0 Å². The molecule has 29 heavy (non-hydrogen) atoms. The van der Waals surface area contributed by atoms with Crippen LogP contribution >= 0.6 is 0 Å². The Morgan fingerprint density at radius 1 is 0.897 bits per heavy atom. The molecular weight excluding hydrogens is 360 g/mol. The van der Waals surface area contributed by atoms with E-state index in [1.807, 2.05) is 54.6 Å². The van der Waals surface area contributed by atoms with Gasteiger partial charge in [0.2, 0.25) is 0 Å². The van der Waals surface area contributed by atoms with Crippen molar-refractivity contribution >= 4 is 12.0 Å². The maximum atomic E-state index is 12.5. The van der Waals surface area contributed by atoms with Crippen molar-refractivity contribution in [2.45, 2.75) is 64.7 Å². The van der Waals surface area contributed by atoms with Gasteiger partial charge in [-0.05, 0) is 24.1 Å². The molecule has 1 aliphatic rings. The van der Waals surface area contributed by atoms with E-state index in [2.05, 4.69) is 6.92 Å². The molecule has 0 aliphatic carbocycles. The first-order valence-electron chi connectivity index (χ1n) is 11.0. The van der Waals surface area contributed by atoms with E-state index in [9.17, 15) is 4.79 Å². The summed E-state index contributed by atoms with van der Waals surface area (Å²) >= 11 is 0. The molecule has 0 radical (unpaired) electrons. The zero-order valence-electron chi connectivity index (χ0n) is 17.5. The number of unbranched alkanes of at least 4 members (excludes halogenated alkanes) is 7. The second-order valence-corrected chi connectivity index (χ2v) is 7.71. The minimum Gasteiger partial charge on any atom is -0.490 e. The normalized spacial score (nSPS) is 14.5. The highest BCUT2D eigenvalue weighted by molar-refractivity contribution is 5.97. The lowest BCUT2D eigenvalue weighted by Gasteiger charge is -2.21. The van der Waals surface area contributed by atoms with Crippen LogP contribution in [0.15, 0.2) is 54.1 Å². The van der Waals surface area contributed by atoms with Crippen LogP contribution in [0.2, 0.25) is 0 Å². The van der Waals surface area contributed by atoms with Crippen LogP contribution in [0.25, 0.3) is 6.08 Å². The van der Waals surface area contributed by atoms with Crippen molar-refractivity contribution in [1.29, 1.82) is 0 Å². The average Bonchev–Trinajstić information content (AvgIpc) is 2.74. The van der Waals surface area contributed by atoms with Gasteiger partial charge in [-0.25, -0.2) is 4.79 Å². The lowest BCUT2D eigenvalue weighted by molar-refractivity contribution is -0.130. The Kier molecular flexibility index (Phi) is 8.36. The third-order valence-electron chi connectivity index (χ3n) is 5.29. The van der Waals surface area contributed by atoms with Crippen LogP contribution < -0.4 is 9.47 Å². The number of carbonyl (C=O) groups excluding carboxylic acids is 1. The fraction of sp³-hybridized carbons (Fsp3) is 0.423. The first-order valence-corrected chi connectivity index (χ1v) is 11.0. The van der Waals surface area contributed by atoms with E-state index in [4.69, 9.17) is 9.47 Å². The molecule has 0 bridgehead atoms. The molecule has 0 unspecified atom stereocenters. The lowest BCUT2D eigenvalue weighted by atomic mass is 9.99. The van der Waals surface area contributed by atoms with Crippen LogP contribution in [-0.2, 0) is 11.2 Å². The summed E-state index contributed by atoms with van der Waals surface area (Å²) in [5.74, 6) is 0.976. The quantitative estimate of drug-likeness (QED) is 0.184. The predicted octanol–water partition coefficient (Wildman–Crippen LogP) is 6.75. The topological polar surface area (TPSA) is 35.5 Å². The van der Waals surface area contributed by atoms with Crippen LogP contribution in [0, 0.1) is 0 Å². The molecule has 0 saturated heterocycles. The van der Waals surface area contributed by atoms with Gasteiger partial charge in [0.1, 0.15) is 0 Å². The number of fused-ring (bicyclic) bond motifs is 1. The molecule has 3 rings (SSSR count). The molecule has 3 heteroatoms. The van der Waals surface area contributed by atoms with Gasteiger partial charge < -0.3 is 9.47 Å². The van der Waals surface area contributed by atoms with Gasteiger partial charge in [-0.1, -0.05) is 94.3 Å². The third kappa shape index (κ3) is 6.49. The maximum absolute atomic E-state index is 12.5. The highest BCUT2D eigenvalue weighted by atomic mass is 16.6. The lowest BCUT2D eigenvalue weighted by Crippen LogP contribution is -2.20. The largest absolute Gasteiger partial charge is 0.490 e. The number of hydrogen-bond acceptors (Lipinski definition) is 3. The maximum Gasteiger partial charge on any atom is 0.339 e. The summed E-state index contributed by atoms with van der Waals surface area (Å²) in [4.78, 5) is 12.5. The van der Waals surface area contributed by atoms with Gasteiger partial charge in [0, 0.05) is 17.6 Å². The Hall–Kier alpha value is -2.55. The number of esters is 1. The molecule has 0 spiro atoms. The second-order valence-electron chi connectivity index (χ2n) is 7.71. The Morgan fingerprint density at radius 3 is 2.38 bits per heavy atom. The summed E-state index contributed by atoms with van der Waals surface area (Å²) in [5.41, 5.74) is 2.68. The third-order valence-corrected chi connectivity index (χ3v) is 5.29. The molecule has 1 aliphatic heterocycles. The van der Waals surface area contributed by atoms with Crippen molar-refractivity contribution < 1.29 is 14.3 Å². The van der Waals surface area contributed by atoms with E-state index in [-0.39, 0.29) is 5.97 Å². The Bertz CT molecular complexity index is 808. The van der Waals surface area contributed by atoms with Crippen LogP contribution in [0.1, 0.15) is 69.4 Å². The van der Waals surface area contributed by atoms with E-state index in [0.717, 1.165) is 17.5 Å². The smallest absolute Gasteiger partial charge is 0.339 e. The van der Waals surface area contributed by atoms with Crippen LogP contribution in [0.4, 0.5) is 0 Å². The molecule has 1 heterocycles. The Morgan fingerprint density at radius 2 is 1.62 bits per heavy atom. The van der Waals surface area contributed by atoms with Gasteiger partial charge >= 0.3 is 5.97 Å². The van der Waals surface area contributed by atoms with Crippen molar-refractivity contribution in [3.63, 3.8) is 0 Å². The minimum atomic E-state index is -0.288. The Balaban J connectivity index is 1.51. The fourth-order valence-electron chi connectivity index (χ4n) is 3.64. The first-order chi connectivity index (χ1) is 14.3. The van der Waals surface area contributed by atoms with Gasteiger partial charge in [-0.2, -0.15) is 0 Å². The number of benzene rings is 2. The molecule has 0 amide bonds. The van der Waals surface area contributed by atoms with Crippen LogP contribution in [-0.4, -0.2) is 12.6 Å². The number of ether oxygens (including phenoxy) is 2. The molecule has 154 valence electrons. The van der Waals surface area contributed by atoms with E-state index in [1.54, 1.807) is 0 Å². The zero-order valence-corrected chi connectivity index (χ0v) is 17.5. The second kappa shape index (κ2) is 11.5. The van der Waals surface area contributed by atoms with Crippen LogP contribution in [0.3, 0.4) is 0 Å². The van der Waals surface area contributed by atoms with Crippen molar-refractivity contribution in [3.8, 4) is 11.5 Å². The van der Waals surface area contributed by atoms with Crippen molar-refractivity contribution in [1.82, 2.24) is 0 Å². The molecule has 0 fully saturated rings. The molecule has 3 nitrogen and oxygen atoms in total. The average molecular weight is 393 g/mol. The summed E-state index contributed by atoms with van der Waals surface area (Å²) in [7, 11) is 0. The molecule has 2 aromatic rings. The standard InChI is InChI=1S/C26H32O3/c1-2-3-4-5-6-7-8-12-18-28-24-17-13-16-22-20-23(26(27)29-25(22)24)19-21-14-10-9-11-15-21/h9-11,13-17,19H,2-8,12,18,20H2,1H3. The van der Waals surface area contributed by atoms with E-state index in [0.29, 0.717) is 30.1 Å². The summed E-state index contributed by atoms with van der Waals surface area (Å²) < 4.78 is 11.6. The van der Waals surface area contributed by atoms with E-state index in [1.165, 1.54) is 44.9 Å². The van der Waals surface area contributed by atoms with Crippen molar-refractivity contribution in [2.75, 3.05) is 6.61 Å². The number of carbonyl (C=O) groups is 1. The SMILES string of the molecule is CCCCCCCCCCOc1cccc2c1OC(=O)C(=Cc1ccccc1)C2. The summed E-state index contributed by atoms with van der Waals surface area (Å²) in [6.07, 6.45) is 12.6. The molecule has 0 atom stereocenters. The molecule has 2 aromatic carbocycles. The molecular formula is C26H32O3. The monoisotopic (exact) mass is 392 g/mol. The van der Waals surface area contributed by atoms with Gasteiger partial charge in [0.25, 0.3) is 0 Å². The van der Waals surface area contributed by atoms with Gasteiger partial charge in [-0.15, -0.1) is 0 Å². The van der Waals surface area contributed by atoms with Crippen LogP contribution in [0.5, 0.6) is 11.5 Å². The van der Waals surface area contributed by atoms with Gasteiger partial charge in [0.05, 0.1) is 6.61 Å². The summed E-state index contributed by atoms with van der Waals surface area (Å²) in [6, 6.07) is 15.7. The van der Waals surface area contributed by atoms with Gasteiger partial charge in [-0.3, -0.25) is 0 Å². The van der Waals surface area contributed by atoms with E-state index < -0.39 is 0 Å². The fourth-order valence-corrected chi connectivity index (χ4v) is 3.64. The zero-order chi connectivity index (χ0) is 20.3. The molecule has 0 N–H and O–H groups in total. The van der Waals surface area contributed by atoms with Gasteiger partial charge in [0.15, 0.2) is 11.5 Å². The first kappa shape index (κ1) is 21.2.